The Balaban J connectivity index is 1.80. The predicted octanol–water partition coefficient (Wildman–Crippen LogP) is -3.42. The van der Waals surface area contributed by atoms with E-state index < -0.39 is 73.4 Å². The summed E-state index contributed by atoms with van der Waals surface area (Å²) in [7, 11) is 0. The van der Waals surface area contributed by atoms with Gasteiger partial charge in [0.2, 0.25) is 6.29 Å². The van der Waals surface area contributed by atoms with Gasteiger partial charge in [0.05, 0.1) is 25.0 Å². The van der Waals surface area contributed by atoms with E-state index in [4.69, 9.17) is 14.2 Å². The highest BCUT2D eigenvalue weighted by molar-refractivity contribution is 5.85. The number of carbonyl (C=O) groups excluding carboxylic acids is 1. The number of nitrogens with one attached hydrogen (secondary N) is 1. The molecule has 12 nitrogen and oxygen atoms in total. The molecule has 6 N–H and O–H groups in total. The van der Waals surface area contributed by atoms with Crippen molar-refractivity contribution >= 4 is 11.9 Å². The molecule has 0 aromatic carbocycles. The number of aliphatic hydroxyl groups excluding tert-OH is 4. The zero-order valence-corrected chi connectivity index (χ0v) is 19.5. The van der Waals surface area contributed by atoms with Crippen molar-refractivity contribution in [2.45, 2.75) is 50.0 Å². The molecule has 36 heavy (non-hydrogen) atoms. The molecule has 198 valence electrons. The van der Waals surface area contributed by atoms with E-state index in [2.05, 4.69) is 6.58 Å². The van der Waals surface area contributed by atoms with Gasteiger partial charge in [-0.25, -0.2) is 4.79 Å². The third-order valence-corrected chi connectivity index (χ3v) is 6.51. The number of hydrogen-bond donors (Lipinski definition) is 6. The van der Waals surface area contributed by atoms with Gasteiger partial charge in [-0.2, -0.15) is 0 Å². The molecule has 0 aromatic heterocycles. The van der Waals surface area contributed by atoms with Crippen LogP contribution in [0.3, 0.4) is 0 Å². The summed E-state index contributed by atoms with van der Waals surface area (Å²) in [5, 5.41) is 60.7. The smallest absolute Gasteiger partial charge is 0.362 e. The topological polar surface area (TPSA) is 190 Å². The van der Waals surface area contributed by atoms with Crippen molar-refractivity contribution in [1.82, 2.24) is 0 Å². The maximum absolute atomic E-state index is 11.8. The average Bonchev–Trinajstić information content (AvgIpc) is 2.86. The summed E-state index contributed by atoms with van der Waals surface area (Å²) in [6, 6.07) is -0.683. The molecule has 3 heterocycles. The summed E-state index contributed by atoms with van der Waals surface area (Å²) in [5.41, 5.74) is 0.555. The number of carboxylic acid groups (broad SMARTS) is 2. The average molecular weight is 510 g/mol. The fraction of sp³-hybridized carbons (Fsp3) is 0.500. The predicted molar refractivity (Wildman–Crippen MR) is 119 cm³/mol. The van der Waals surface area contributed by atoms with Crippen LogP contribution in [0.2, 0.25) is 0 Å². The lowest BCUT2D eigenvalue weighted by Gasteiger charge is -2.43. The van der Waals surface area contributed by atoms with Gasteiger partial charge in [-0.05, 0) is 19.1 Å². The molecule has 0 amide bonds. The molecule has 1 saturated heterocycles. The van der Waals surface area contributed by atoms with Crippen molar-refractivity contribution in [2.24, 2.45) is 11.8 Å². The van der Waals surface area contributed by atoms with E-state index in [0.717, 1.165) is 11.8 Å². The molecule has 0 aromatic rings. The Kier molecular flexibility index (Phi) is 9.19. The monoisotopic (exact) mass is 509 g/mol. The van der Waals surface area contributed by atoms with E-state index in [1.807, 2.05) is 0 Å². The van der Waals surface area contributed by atoms with Crippen molar-refractivity contribution in [2.75, 3.05) is 13.2 Å². The van der Waals surface area contributed by atoms with Gasteiger partial charge in [0, 0.05) is 23.0 Å². The van der Waals surface area contributed by atoms with Crippen LogP contribution in [0.15, 0.2) is 60.6 Å². The van der Waals surface area contributed by atoms with Crippen LogP contribution >= 0.6 is 0 Å². The molecule has 3 aliphatic rings. The van der Waals surface area contributed by atoms with Gasteiger partial charge in [0.1, 0.15) is 31.0 Å². The second-order valence-electron chi connectivity index (χ2n) is 8.81. The fourth-order valence-electron chi connectivity index (χ4n) is 4.24. The Hall–Kier alpha value is -2.84. The number of aliphatic hydroxyl groups is 4. The highest BCUT2D eigenvalue weighted by atomic mass is 16.8. The molecule has 0 aliphatic carbocycles. The molecule has 1 unspecified atom stereocenters. The quantitative estimate of drug-likeness (QED) is 0.170. The van der Waals surface area contributed by atoms with Crippen LogP contribution in [-0.4, -0.2) is 93.7 Å². The van der Waals surface area contributed by atoms with E-state index in [9.17, 15) is 40.2 Å². The molecule has 0 bridgehead atoms. The lowest BCUT2D eigenvalue weighted by molar-refractivity contribution is -0.858. The number of rotatable bonds is 9. The van der Waals surface area contributed by atoms with Crippen LogP contribution in [0.5, 0.6) is 0 Å². The van der Waals surface area contributed by atoms with Crippen LogP contribution in [0, 0.1) is 11.8 Å². The highest BCUT2D eigenvalue weighted by Crippen LogP contribution is 2.35. The maximum Gasteiger partial charge on any atom is 0.362 e. The van der Waals surface area contributed by atoms with Crippen molar-refractivity contribution in [3.05, 3.63) is 60.6 Å². The van der Waals surface area contributed by atoms with E-state index in [-0.39, 0.29) is 5.57 Å². The van der Waals surface area contributed by atoms with Crippen LogP contribution in [0.1, 0.15) is 6.92 Å². The first-order valence-corrected chi connectivity index (χ1v) is 11.4. The molecule has 3 aliphatic heterocycles. The Morgan fingerprint density at radius 2 is 2.00 bits per heavy atom. The second kappa shape index (κ2) is 11.9. The van der Waals surface area contributed by atoms with E-state index in [1.54, 1.807) is 37.4 Å². The van der Waals surface area contributed by atoms with Gasteiger partial charge in [0.25, 0.3) is 0 Å². The Morgan fingerprint density at radius 3 is 2.61 bits per heavy atom. The molecule has 3 rings (SSSR count). The van der Waals surface area contributed by atoms with E-state index in [1.165, 1.54) is 6.08 Å². The summed E-state index contributed by atoms with van der Waals surface area (Å²) < 4.78 is 16.5. The first-order valence-electron chi connectivity index (χ1n) is 11.4. The minimum Gasteiger partial charge on any atom is -0.545 e. The number of carbonyl (C=O) groups is 2. The maximum atomic E-state index is 11.8. The van der Waals surface area contributed by atoms with Gasteiger partial charge in [0.15, 0.2) is 12.3 Å². The normalized spacial score (nSPS) is 37.5. The van der Waals surface area contributed by atoms with Crippen LogP contribution < -0.4 is 10.0 Å². The zero-order chi connectivity index (χ0) is 26.6. The summed E-state index contributed by atoms with van der Waals surface area (Å²) in [5.74, 6) is -4.09. The minimum absolute atomic E-state index is 0.195. The first-order chi connectivity index (χ1) is 17.1. The molecule has 12 heteroatoms. The van der Waals surface area contributed by atoms with E-state index >= 15 is 0 Å². The summed E-state index contributed by atoms with van der Waals surface area (Å²) >= 11 is 0. The zero-order valence-electron chi connectivity index (χ0n) is 19.5. The second-order valence-corrected chi connectivity index (χ2v) is 8.81. The molecule has 0 saturated carbocycles. The number of quaternary nitrogens is 1. The van der Waals surface area contributed by atoms with Crippen molar-refractivity contribution in [1.29, 1.82) is 0 Å². The van der Waals surface area contributed by atoms with Gasteiger partial charge in [-0.15, -0.1) is 6.58 Å². The lowest BCUT2D eigenvalue weighted by atomic mass is 9.83. The fourth-order valence-corrected chi connectivity index (χ4v) is 4.24. The number of aliphatic carboxylic acids is 2. The number of ether oxygens (including phenoxy) is 3. The van der Waals surface area contributed by atoms with Crippen molar-refractivity contribution in [3.8, 4) is 0 Å². The summed E-state index contributed by atoms with van der Waals surface area (Å²) in [6.45, 7) is 5.03. The van der Waals surface area contributed by atoms with Gasteiger partial charge in [-0.3, -0.25) is 4.90 Å². The first kappa shape index (κ1) is 27.7. The largest absolute Gasteiger partial charge is 0.545 e. The molecular weight excluding hydrogens is 478 g/mol. The third-order valence-electron chi connectivity index (χ3n) is 6.51. The summed E-state index contributed by atoms with van der Waals surface area (Å²) in [4.78, 5) is 23.8. The van der Waals surface area contributed by atoms with Crippen LogP contribution in [-0.2, 0) is 23.8 Å². The molecule has 10 atom stereocenters. The lowest BCUT2D eigenvalue weighted by Crippen LogP contribution is -3.12. The van der Waals surface area contributed by atoms with Gasteiger partial charge in [-0.1, -0.05) is 18.2 Å². The third kappa shape index (κ3) is 5.93. The van der Waals surface area contributed by atoms with Crippen molar-refractivity contribution < 1.29 is 59.3 Å². The van der Waals surface area contributed by atoms with E-state index in [0.29, 0.717) is 11.4 Å². The Morgan fingerprint density at radius 1 is 1.28 bits per heavy atom. The number of allylic oxidation sites excluding steroid dienone is 3. The summed E-state index contributed by atoms with van der Waals surface area (Å²) in [6.07, 6.45) is 2.01. The van der Waals surface area contributed by atoms with Crippen LogP contribution in [0.25, 0.3) is 0 Å². The SMILES string of the molecule is C=C[C@H]1[C@H](O[C@@H]2O[C@H](CO)[C@@H](O)[C@H](O)[C@H]2O)OC=C(C(=O)[O-])[C@H]1/C=C/C1=CC=C[NH+]([C@@H](C)C(=O)O)C1. The van der Waals surface area contributed by atoms with Gasteiger partial charge < -0.3 is 49.6 Å². The molecular formula is C24H31NO11. The van der Waals surface area contributed by atoms with Gasteiger partial charge >= 0.3 is 5.97 Å². The highest BCUT2D eigenvalue weighted by Gasteiger charge is 2.46. The minimum atomic E-state index is -1.68. The standard InChI is InChI=1S/C24H31NO11/c1-3-14-15(7-6-13-5-4-8-25(9-13)12(2)21(30)31)16(22(32)33)11-34-23(14)36-24-20(29)19(28)18(27)17(10-26)35-24/h3-8,11-12,14-15,17-20,23-24,26-29H,1,9-10H2,2H3,(H,30,31)(H,32,33)/b7-6+/t12-,14+,15-,17+,18+,19-,20+,23-,24-/m0/s1. The molecule has 0 radical (unpaired) electrons. The number of carboxylic acids is 2. The Labute approximate surface area is 207 Å². The molecule has 1 fully saturated rings. The Bertz CT molecular complexity index is 956. The number of hydrogen-bond acceptors (Lipinski definition) is 10. The van der Waals surface area contributed by atoms with Crippen molar-refractivity contribution in [3.63, 3.8) is 0 Å². The van der Waals surface area contributed by atoms with Crippen LogP contribution in [0.4, 0.5) is 0 Å². The molecule has 0 spiro atoms.